The molecule has 0 bridgehead atoms. The SMILES string of the molecule is COc1cc(O)ccc1[C@H]1C2=CC[C@@H]3C(=O)N(c4ccc(C(=O)O)c(O)c4)C(=O)[C@@H]3[C@@H]2C[C@@]2(Cl)C(=O)N(c3ccc(F)cc3)C(=O)[C@@]12Cl. The number of phenolic OH excluding ortho intramolecular Hbond substituents is 1. The first-order chi connectivity index (χ1) is 22.7. The zero-order valence-electron chi connectivity index (χ0n) is 24.9. The Morgan fingerprint density at radius 2 is 1.58 bits per heavy atom. The summed E-state index contributed by atoms with van der Waals surface area (Å²) in [6.45, 7) is 0. The van der Waals surface area contributed by atoms with Gasteiger partial charge in [0.1, 0.15) is 28.6 Å². The molecule has 2 heterocycles. The van der Waals surface area contributed by atoms with Gasteiger partial charge in [-0.1, -0.05) is 17.7 Å². The second-order valence-electron chi connectivity index (χ2n) is 12.2. The Kier molecular flexibility index (Phi) is 7.12. The first-order valence-electron chi connectivity index (χ1n) is 14.8. The predicted molar refractivity (Wildman–Crippen MR) is 169 cm³/mol. The van der Waals surface area contributed by atoms with E-state index in [9.17, 15) is 43.7 Å². The van der Waals surface area contributed by atoms with E-state index >= 15 is 0 Å². The average Bonchev–Trinajstić information content (AvgIpc) is 3.39. The van der Waals surface area contributed by atoms with Crippen molar-refractivity contribution in [2.24, 2.45) is 17.8 Å². The highest BCUT2D eigenvalue weighted by Gasteiger charge is 2.77. The fraction of sp³-hybridized carbons (Fsp3) is 0.265. The van der Waals surface area contributed by atoms with Gasteiger partial charge in [-0.05, 0) is 61.2 Å². The molecule has 4 amide bonds. The Morgan fingerprint density at radius 1 is 0.896 bits per heavy atom. The summed E-state index contributed by atoms with van der Waals surface area (Å²) in [5.41, 5.74) is 0.304. The number of anilines is 2. The lowest BCUT2D eigenvalue weighted by Gasteiger charge is -2.50. The van der Waals surface area contributed by atoms with Gasteiger partial charge in [0.2, 0.25) is 11.8 Å². The summed E-state index contributed by atoms with van der Waals surface area (Å²) in [5.74, 6) is -9.87. The highest BCUT2D eigenvalue weighted by Crippen LogP contribution is 2.66. The van der Waals surface area contributed by atoms with Crippen LogP contribution in [0.5, 0.6) is 17.2 Å². The Hall–Kier alpha value is -4.94. The van der Waals surface area contributed by atoms with Crippen LogP contribution in [-0.2, 0) is 19.2 Å². The molecule has 4 aliphatic rings. The normalized spacial score (nSPS) is 29.4. The molecule has 1 saturated carbocycles. The van der Waals surface area contributed by atoms with Crippen molar-refractivity contribution in [3.63, 3.8) is 0 Å². The van der Waals surface area contributed by atoms with E-state index in [4.69, 9.17) is 27.9 Å². The van der Waals surface area contributed by atoms with Gasteiger partial charge in [0.05, 0.1) is 30.3 Å². The van der Waals surface area contributed by atoms with Gasteiger partial charge in [-0.3, -0.25) is 19.2 Å². The van der Waals surface area contributed by atoms with Crippen molar-refractivity contribution >= 4 is 64.2 Å². The van der Waals surface area contributed by atoms with Crippen molar-refractivity contribution in [3.05, 3.63) is 89.3 Å². The molecule has 3 aromatic carbocycles. The van der Waals surface area contributed by atoms with E-state index in [1.807, 2.05) is 0 Å². The van der Waals surface area contributed by atoms with Crippen molar-refractivity contribution < 1.29 is 48.4 Å². The number of nitrogens with zero attached hydrogens (tertiary/aromatic N) is 2. The molecule has 2 aliphatic heterocycles. The number of carboxylic acid groups (broad SMARTS) is 1. The van der Waals surface area contributed by atoms with Crippen LogP contribution in [0.25, 0.3) is 0 Å². The number of methoxy groups -OCH3 is 1. The van der Waals surface area contributed by atoms with Gasteiger partial charge in [-0.15, -0.1) is 23.2 Å². The third-order valence-corrected chi connectivity index (χ3v) is 11.3. The Morgan fingerprint density at radius 3 is 2.23 bits per heavy atom. The molecule has 14 heteroatoms. The van der Waals surface area contributed by atoms with Gasteiger partial charge in [-0.25, -0.2) is 19.0 Å². The molecular formula is C34H25Cl2FN2O9. The molecule has 0 aromatic heterocycles. The molecule has 0 unspecified atom stereocenters. The monoisotopic (exact) mass is 694 g/mol. The molecule has 11 nitrogen and oxygen atoms in total. The number of rotatable bonds is 5. The highest BCUT2D eigenvalue weighted by atomic mass is 35.5. The van der Waals surface area contributed by atoms with Crippen LogP contribution >= 0.6 is 23.2 Å². The molecule has 7 rings (SSSR count). The lowest BCUT2D eigenvalue weighted by Crippen LogP contribution is -2.60. The number of hydrogen-bond acceptors (Lipinski definition) is 8. The number of amides is 4. The molecule has 2 saturated heterocycles. The second-order valence-corrected chi connectivity index (χ2v) is 13.4. The van der Waals surface area contributed by atoms with E-state index in [1.165, 1.54) is 43.5 Å². The molecule has 3 aromatic rings. The summed E-state index contributed by atoms with van der Waals surface area (Å²) in [4.78, 5) is 65.6. The van der Waals surface area contributed by atoms with Crippen LogP contribution in [0.15, 0.2) is 72.3 Å². The van der Waals surface area contributed by atoms with Gasteiger partial charge in [0.25, 0.3) is 11.8 Å². The number of carboxylic acids is 1. The Bertz CT molecular complexity index is 2000. The number of aromatic hydroxyl groups is 2. The van der Waals surface area contributed by atoms with Crippen LogP contribution in [0, 0.1) is 23.6 Å². The third-order valence-electron chi connectivity index (χ3n) is 9.89. The minimum Gasteiger partial charge on any atom is -0.508 e. The number of hydrogen-bond donors (Lipinski definition) is 3. The number of imide groups is 2. The van der Waals surface area contributed by atoms with Crippen molar-refractivity contribution in [2.45, 2.75) is 28.5 Å². The number of carbonyl (C=O) groups excluding carboxylic acids is 4. The molecule has 3 fully saturated rings. The molecule has 246 valence electrons. The van der Waals surface area contributed by atoms with Crippen LogP contribution in [0.3, 0.4) is 0 Å². The molecule has 6 atom stereocenters. The maximum atomic E-state index is 14.5. The minimum absolute atomic E-state index is 0.0232. The molecule has 0 spiro atoms. The van der Waals surface area contributed by atoms with Gasteiger partial charge in [0, 0.05) is 23.6 Å². The summed E-state index contributed by atoms with van der Waals surface area (Å²) in [6, 6.07) is 12.1. The van der Waals surface area contributed by atoms with Crippen molar-refractivity contribution in [2.75, 3.05) is 16.9 Å². The number of benzene rings is 3. The standard InChI is InChI=1S/C34H25Cl2FN2O9/c1-48-25-13-18(40)7-9-21(25)27-19-10-11-22-26(29(43)38(28(22)42)17-6-8-20(30(44)45)24(41)12-17)23(19)14-33(35)31(46)39(32(47)34(27,33)36)16-4-2-15(37)3-5-16/h2-10,12-13,22-23,26-27,40-41H,11,14H2,1H3,(H,44,45)/t22-,23+,26-,27+,33+,34-/m0/s1. The lowest BCUT2D eigenvalue weighted by molar-refractivity contribution is -0.125. The van der Waals surface area contributed by atoms with Gasteiger partial charge < -0.3 is 20.1 Å². The summed E-state index contributed by atoms with van der Waals surface area (Å²) in [6.07, 6.45) is 1.42. The van der Waals surface area contributed by atoms with E-state index in [2.05, 4.69) is 0 Å². The first-order valence-corrected chi connectivity index (χ1v) is 15.5. The number of ether oxygens (including phenoxy) is 1. The Balaban J connectivity index is 1.39. The molecule has 0 radical (unpaired) electrons. The Labute approximate surface area is 281 Å². The lowest BCUT2D eigenvalue weighted by atomic mass is 9.56. The van der Waals surface area contributed by atoms with Gasteiger partial charge in [0.15, 0.2) is 9.75 Å². The molecule has 2 aliphatic carbocycles. The second kappa shape index (κ2) is 10.8. The maximum absolute atomic E-state index is 14.5. The number of halogens is 3. The van der Waals surface area contributed by atoms with Crippen LogP contribution in [0.1, 0.15) is 34.7 Å². The zero-order valence-corrected chi connectivity index (χ0v) is 26.4. The van der Waals surface area contributed by atoms with E-state index in [1.54, 1.807) is 6.08 Å². The predicted octanol–water partition coefficient (Wildman–Crippen LogP) is 4.71. The van der Waals surface area contributed by atoms with Crippen LogP contribution in [0.4, 0.5) is 15.8 Å². The first kappa shape index (κ1) is 31.6. The van der Waals surface area contributed by atoms with Crippen molar-refractivity contribution in [1.82, 2.24) is 0 Å². The van der Waals surface area contributed by atoms with Crippen molar-refractivity contribution in [3.8, 4) is 17.2 Å². The highest BCUT2D eigenvalue weighted by molar-refractivity contribution is 6.58. The van der Waals surface area contributed by atoms with E-state index in [-0.39, 0.29) is 41.3 Å². The number of allylic oxidation sites excluding steroid dienone is 2. The smallest absolute Gasteiger partial charge is 0.339 e. The average molecular weight is 695 g/mol. The maximum Gasteiger partial charge on any atom is 0.339 e. The largest absolute Gasteiger partial charge is 0.508 e. The molecular weight excluding hydrogens is 670 g/mol. The summed E-state index contributed by atoms with van der Waals surface area (Å²) in [5, 5.41) is 29.9. The van der Waals surface area contributed by atoms with Crippen LogP contribution < -0.4 is 14.5 Å². The van der Waals surface area contributed by atoms with Gasteiger partial charge in [-0.2, -0.15) is 0 Å². The summed E-state index contributed by atoms with van der Waals surface area (Å²) < 4.78 is 19.4. The third kappa shape index (κ3) is 4.15. The quantitative estimate of drug-likeness (QED) is 0.195. The summed E-state index contributed by atoms with van der Waals surface area (Å²) >= 11 is 14.7. The van der Waals surface area contributed by atoms with Crippen LogP contribution in [0.2, 0.25) is 0 Å². The van der Waals surface area contributed by atoms with E-state index in [0.29, 0.717) is 5.57 Å². The fourth-order valence-electron chi connectivity index (χ4n) is 7.78. The molecule has 48 heavy (non-hydrogen) atoms. The van der Waals surface area contributed by atoms with E-state index in [0.717, 1.165) is 34.1 Å². The topological polar surface area (TPSA) is 162 Å². The van der Waals surface area contributed by atoms with Gasteiger partial charge >= 0.3 is 5.97 Å². The number of alkyl halides is 2. The summed E-state index contributed by atoms with van der Waals surface area (Å²) in [7, 11) is 1.34. The minimum atomic E-state index is -2.21. The number of carbonyl (C=O) groups is 5. The fourth-order valence-corrected chi connectivity index (χ4v) is 8.70. The van der Waals surface area contributed by atoms with Crippen molar-refractivity contribution in [1.29, 1.82) is 0 Å². The van der Waals surface area contributed by atoms with Crippen LogP contribution in [-0.4, -0.2) is 61.8 Å². The molecule has 3 N–H and O–H groups in total. The number of phenols is 2. The van der Waals surface area contributed by atoms with E-state index < -0.39 is 80.1 Å². The number of fused-ring (bicyclic) bond motifs is 4. The number of aromatic carboxylic acids is 1. The zero-order chi connectivity index (χ0) is 34.4.